The number of H-pyrrole nitrogens is 1. The van der Waals surface area contributed by atoms with Crippen molar-refractivity contribution < 1.29 is 9.84 Å². The smallest absolute Gasteiger partial charge is 0.131 e. The lowest BCUT2D eigenvalue weighted by Crippen LogP contribution is -1.95. The van der Waals surface area contributed by atoms with Gasteiger partial charge in [-0.15, -0.1) is 0 Å². The zero-order chi connectivity index (χ0) is 11.5. The number of nitrogens with one attached hydrogen (secondary N) is 1. The van der Waals surface area contributed by atoms with Crippen molar-refractivity contribution in [3.05, 3.63) is 29.5 Å². The van der Waals surface area contributed by atoms with Gasteiger partial charge in [-0.1, -0.05) is 6.07 Å². The normalized spacial score (nSPS) is 10.9. The Morgan fingerprint density at radius 1 is 1.38 bits per heavy atom. The van der Waals surface area contributed by atoms with Gasteiger partial charge in [-0.25, -0.2) is 0 Å². The summed E-state index contributed by atoms with van der Waals surface area (Å²) in [5, 5.41) is 10.0. The minimum Gasteiger partial charge on any atom is -0.496 e. The SMILES string of the molecule is COc1c(CCCO)ccc2[nH]cc(C)c12. The molecule has 1 aromatic carbocycles. The quantitative estimate of drug-likeness (QED) is 0.829. The molecule has 0 amide bonds. The summed E-state index contributed by atoms with van der Waals surface area (Å²) in [5.74, 6) is 0.935. The fraction of sp³-hybridized carbons (Fsp3) is 0.385. The summed E-state index contributed by atoms with van der Waals surface area (Å²) in [5.41, 5.74) is 3.45. The van der Waals surface area contributed by atoms with Gasteiger partial charge in [-0.3, -0.25) is 0 Å². The predicted molar refractivity (Wildman–Crippen MR) is 65.0 cm³/mol. The van der Waals surface area contributed by atoms with Crippen LogP contribution >= 0.6 is 0 Å². The molecule has 0 radical (unpaired) electrons. The van der Waals surface area contributed by atoms with Crippen molar-refractivity contribution in [3.63, 3.8) is 0 Å². The first-order chi connectivity index (χ1) is 7.77. The van der Waals surface area contributed by atoms with Crippen LogP contribution in [0.4, 0.5) is 0 Å². The number of fused-ring (bicyclic) bond motifs is 1. The molecule has 0 atom stereocenters. The maximum atomic E-state index is 8.87. The minimum atomic E-state index is 0.216. The van der Waals surface area contributed by atoms with E-state index >= 15 is 0 Å². The number of hydrogen-bond acceptors (Lipinski definition) is 2. The maximum Gasteiger partial charge on any atom is 0.131 e. The van der Waals surface area contributed by atoms with Gasteiger partial charge >= 0.3 is 0 Å². The Labute approximate surface area is 95.1 Å². The molecule has 0 fully saturated rings. The number of aromatic nitrogens is 1. The van der Waals surface area contributed by atoms with Crippen molar-refractivity contribution in [1.29, 1.82) is 0 Å². The Kier molecular flexibility index (Phi) is 3.15. The van der Waals surface area contributed by atoms with Crippen LogP contribution in [0.2, 0.25) is 0 Å². The number of aliphatic hydroxyl groups excluding tert-OH is 1. The molecule has 0 spiro atoms. The Morgan fingerprint density at radius 2 is 2.19 bits per heavy atom. The Morgan fingerprint density at radius 3 is 2.88 bits per heavy atom. The van der Waals surface area contributed by atoms with Gasteiger partial charge < -0.3 is 14.8 Å². The van der Waals surface area contributed by atoms with Crippen LogP contribution in [0.15, 0.2) is 18.3 Å². The van der Waals surface area contributed by atoms with Crippen LogP contribution in [0.3, 0.4) is 0 Å². The third kappa shape index (κ3) is 1.78. The first kappa shape index (κ1) is 11.0. The number of hydrogen-bond donors (Lipinski definition) is 2. The van der Waals surface area contributed by atoms with E-state index < -0.39 is 0 Å². The van der Waals surface area contributed by atoms with Crippen LogP contribution in [0.1, 0.15) is 17.5 Å². The zero-order valence-corrected chi connectivity index (χ0v) is 9.71. The topological polar surface area (TPSA) is 45.2 Å². The summed E-state index contributed by atoms with van der Waals surface area (Å²) in [4.78, 5) is 3.22. The Hall–Kier alpha value is -1.48. The second-order valence-corrected chi connectivity index (χ2v) is 3.98. The molecule has 1 heterocycles. The van der Waals surface area contributed by atoms with Crippen molar-refractivity contribution in [2.45, 2.75) is 19.8 Å². The van der Waals surface area contributed by atoms with E-state index in [1.54, 1.807) is 7.11 Å². The zero-order valence-electron chi connectivity index (χ0n) is 9.71. The lowest BCUT2D eigenvalue weighted by molar-refractivity contribution is 0.288. The third-order valence-corrected chi connectivity index (χ3v) is 2.89. The molecule has 0 saturated heterocycles. The van der Waals surface area contributed by atoms with Gasteiger partial charge in [0.05, 0.1) is 7.11 Å². The summed E-state index contributed by atoms with van der Waals surface area (Å²) in [6, 6.07) is 4.13. The van der Waals surface area contributed by atoms with Crippen LogP contribution in [-0.2, 0) is 6.42 Å². The molecule has 0 unspecified atom stereocenters. The number of rotatable bonds is 4. The molecule has 3 heteroatoms. The molecule has 0 bridgehead atoms. The molecule has 2 aromatic rings. The highest BCUT2D eigenvalue weighted by atomic mass is 16.5. The molecule has 1 aromatic heterocycles. The largest absolute Gasteiger partial charge is 0.496 e. The summed E-state index contributed by atoms with van der Waals surface area (Å²) in [7, 11) is 1.70. The van der Waals surface area contributed by atoms with Gasteiger partial charge in [-0.2, -0.15) is 0 Å². The molecule has 86 valence electrons. The summed E-state index contributed by atoms with van der Waals surface area (Å²) in [6.45, 7) is 2.28. The standard InChI is InChI=1S/C13H17NO2/c1-9-8-14-11-6-5-10(4-3-7-15)13(16-2)12(9)11/h5-6,8,14-15H,3-4,7H2,1-2H3. The maximum absolute atomic E-state index is 8.87. The molecule has 2 N–H and O–H groups in total. The minimum absolute atomic E-state index is 0.216. The highest BCUT2D eigenvalue weighted by Crippen LogP contribution is 2.32. The van der Waals surface area contributed by atoms with E-state index in [2.05, 4.69) is 24.0 Å². The van der Waals surface area contributed by atoms with Crippen molar-refractivity contribution in [2.24, 2.45) is 0 Å². The molecular formula is C13H17NO2. The van der Waals surface area contributed by atoms with E-state index in [0.717, 1.165) is 35.1 Å². The Bertz CT molecular complexity index is 488. The second kappa shape index (κ2) is 4.58. The van der Waals surface area contributed by atoms with Gasteiger partial charge in [0.2, 0.25) is 0 Å². The first-order valence-corrected chi connectivity index (χ1v) is 5.52. The third-order valence-electron chi connectivity index (χ3n) is 2.89. The van der Waals surface area contributed by atoms with E-state index in [1.165, 1.54) is 5.56 Å². The fourth-order valence-electron chi connectivity index (χ4n) is 2.10. The highest BCUT2D eigenvalue weighted by molar-refractivity contribution is 5.90. The van der Waals surface area contributed by atoms with Gasteiger partial charge in [-0.05, 0) is 37.0 Å². The lowest BCUT2D eigenvalue weighted by Gasteiger charge is -2.10. The van der Waals surface area contributed by atoms with Crippen LogP contribution in [0.25, 0.3) is 10.9 Å². The van der Waals surface area contributed by atoms with Crippen molar-refractivity contribution in [2.75, 3.05) is 13.7 Å². The van der Waals surface area contributed by atoms with Crippen LogP contribution in [0.5, 0.6) is 5.75 Å². The molecule has 2 rings (SSSR count). The number of aryl methyl sites for hydroxylation is 2. The van der Waals surface area contributed by atoms with Crippen molar-refractivity contribution in [3.8, 4) is 5.75 Å². The van der Waals surface area contributed by atoms with E-state index in [-0.39, 0.29) is 6.61 Å². The number of ether oxygens (including phenoxy) is 1. The summed E-state index contributed by atoms with van der Waals surface area (Å²) in [6.07, 6.45) is 3.61. The van der Waals surface area contributed by atoms with E-state index in [0.29, 0.717) is 0 Å². The molecule has 0 saturated carbocycles. The average Bonchev–Trinajstić information content (AvgIpc) is 2.68. The molecule has 0 aliphatic heterocycles. The first-order valence-electron chi connectivity index (χ1n) is 5.52. The molecule has 3 nitrogen and oxygen atoms in total. The number of aliphatic hydroxyl groups is 1. The van der Waals surface area contributed by atoms with Gasteiger partial charge in [0.25, 0.3) is 0 Å². The van der Waals surface area contributed by atoms with E-state index in [1.807, 2.05) is 6.20 Å². The van der Waals surface area contributed by atoms with Crippen LogP contribution in [-0.4, -0.2) is 23.8 Å². The molecule has 0 aliphatic carbocycles. The predicted octanol–water partition coefficient (Wildman–Crippen LogP) is 2.41. The van der Waals surface area contributed by atoms with Crippen LogP contribution < -0.4 is 4.74 Å². The summed E-state index contributed by atoms with van der Waals surface area (Å²) >= 11 is 0. The number of aromatic amines is 1. The average molecular weight is 219 g/mol. The van der Waals surface area contributed by atoms with Crippen molar-refractivity contribution >= 4 is 10.9 Å². The van der Waals surface area contributed by atoms with Gasteiger partial charge in [0, 0.05) is 23.7 Å². The lowest BCUT2D eigenvalue weighted by atomic mass is 10.0. The monoisotopic (exact) mass is 219 g/mol. The van der Waals surface area contributed by atoms with E-state index in [9.17, 15) is 0 Å². The second-order valence-electron chi connectivity index (χ2n) is 3.98. The number of benzene rings is 1. The molecular weight excluding hydrogens is 202 g/mol. The van der Waals surface area contributed by atoms with Crippen LogP contribution in [0, 0.1) is 6.92 Å². The summed E-state index contributed by atoms with van der Waals surface area (Å²) < 4.78 is 5.49. The highest BCUT2D eigenvalue weighted by Gasteiger charge is 2.11. The van der Waals surface area contributed by atoms with E-state index in [4.69, 9.17) is 9.84 Å². The molecule has 0 aliphatic rings. The number of methoxy groups -OCH3 is 1. The Balaban J connectivity index is 2.53. The van der Waals surface area contributed by atoms with Gasteiger partial charge in [0.1, 0.15) is 5.75 Å². The van der Waals surface area contributed by atoms with Crippen molar-refractivity contribution in [1.82, 2.24) is 4.98 Å². The van der Waals surface area contributed by atoms with Gasteiger partial charge in [0.15, 0.2) is 0 Å². The fourth-order valence-corrected chi connectivity index (χ4v) is 2.10. The molecule has 16 heavy (non-hydrogen) atoms.